The minimum Gasteiger partial charge on any atom is -0.357 e. The summed E-state index contributed by atoms with van der Waals surface area (Å²) < 4.78 is 0. The van der Waals surface area contributed by atoms with Crippen LogP contribution in [0.2, 0.25) is 0 Å². The zero-order valence-electron chi connectivity index (χ0n) is 12.4. The number of nitrogens with one attached hydrogen (secondary N) is 1. The zero-order chi connectivity index (χ0) is 15.2. The number of nitrogens with zero attached hydrogens (tertiary/aromatic N) is 1. The molecular formula is C16H23N3O2. The molecule has 1 aliphatic rings. The number of likely N-dealkylation sites (tertiary alicyclic amines) is 1. The van der Waals surface area contributed by atoms with Gasteiger partial charge in [0.15, 0.2) is 0 Å². The number of rotatable bonds is 4. The first-order valence-corrected chi connectivity index (χ1v) is 7.46. The van der Waals surface area contributed by atoms with Crippen LogP contribution in [0.5, 0.6) is 0 Å². The van der Waals surface area contributed by atoms with E-state index in [1.54, 1.807) is 11.9 Å². The van der Waals surface area contributed by atoms with Gasteiger partial charge in [-0.15, -0.1) is 0 Å². The van der Waals surface area contributed by atoms with E-state index >= 15 is 0 Å². The Kier molecular flexibility index (Phi) is 5.33. The van der Waals surface area contributed by atoms with Crippen molar-refractivity contribution in [2.45, 2.75) is 31.2 Å². The molecule has 21 heavy (non-hydrogen) atoms. The van der Waals surface area contributed by atoms with Crippen molar-refractivity contribution < 1.29 is 9.59 Å². The van der Waals surface area contributed by atoms with Gasteiger partial charge in [-0.1, -0.05) is 30.3 Å². The monoisotopic (exact) mass is 289 g/mol. The van der Waals surface area contributed by atoms with Crippen molar-refractivity contribution in [2.75, 3.05) is 20.1 Å². The molecule has 2 unspecified atom stereocenters. The van der Waals surface area contributed by atoms with Crippen LogP contribution in [-0.2, 0) is 9.59 Å². The number of likely N-dealkylation sites (N-methyl/N-ethyl adjacent to an activating group) is 1. The minimum atomic E-state index is -0.378. The lowest BCUT2D eigenvalue weighted by Gasteiger charge is -2.36. The third kappa shape index (κ3) is 3.42. The van der Waals surface area contributed by atoms with E-state index in [4.69, 9.17) is 5.73 Å². The third-order valence-corrected chi connectivity index (χ3v) is 4.07. The Hall–Kier alpha value is -1.88. The van der Waals surface area contributed by atoms with Crippen molar-refractivity contribution in [1.82, 2.24) is 10.2 Å². The number of piperidine rings is 1. The summed E-state index contributed by atoms with van der Waals surface area (Å²) in [5.74, 6) is -0.514. The van der Waals surface area contributed by atoms with Gasteiger partial charge in [-0.3, -0.25) is 9.59 Å². The first-order valence-electron chi connectivity index (χ1n) is 7.46. The van der Waals surface area contributed by atoms with Gasteiger partial charge in [0, 0.05) is 20.1 Å². The Bertz CT molecular complexity index is 490. The summed E-state index contributed by atoms with van der Waals surface area (Å²) >= 11 is 0. The summed E-state index contributed by atoms with van der Waals surface area (Å²) in [4.78, 5) is 26.5. The summed E-state index contributed by atoms with van der Waals surface area (Å²) in [5.41, 5.74) is 6.73. The number of carbonyl (C=O) groups is 2. The summed E-state index contributed by atoms with van der Waals surface area (Å²) in [5, 5.41) is 2.65. The van der Waals surface area contributed by atoms with Gasteiger partial charge < -0.3 is 16.0 Å². The predicted molar refractivity (Wildman–Crippen MR) is 81.7 cm³/mol. The molecule has 0 bridgehead atoms. The fraction of sp³-hybridized carbons (Fsp3) is 0.500. The molecule has 3 N–H and O–H groups in total. The maximum absolute atomic E-state index is 12.8. The maximum atomic E-state index is 12.8. The van der Waals surface area contributed by atoms with Crippen molar-refractivity contribution in [1.29, 1.82) is 0 Å². The second kappa shape index (κ2) is 7.22. The van der Waals surface area contributed by atoms with E-state index in [2.05, 4.69) is 5.32 Å². The normalized spacial score (nSPS) is 19.9. The van der Waals surface area contributed by atoms with E-state index in [1.165, 1.54) is 0 Å². The Morgan fingerprint density at radius 2 is 2.05 bits per heavy atom. The molecule has 0 aliphatic carbocycles. The second-order valence-corrected chi connectivity index (χ2v) is 5.36. The van der Waals surface area contributed by atoms with Gasteiger partial charge in [-0.25, -0.2) is 0 Å². The third-order valence-electron chi connectivity index (χ3n) is 4.07. The van der Waals surface area contributed by atoms with Gasteiger partial charge in [-0.05, 0) is 24.8 Å². The molecule has 2 amide bonds. The molecule has 5 heteroatoms. The molecule has 2 rings (SSSR count). The fourth-order valence-corrected chi connectivity index (χ4v) is 2.90. The van der Waals surface area contributed by atoms with Gasteiger partial charge in [-0.2, -0.15) is 0 Å². The van der Waals surface area contributed by atoms with Crippen molar-refractivity contribution in [3.05, 3.63) is 35.9 Å². The molecule has 114 valence electrons. The Balaban J connectivity index is 2.21. The van der Waals surface area contributed by atoms with Gasteiger partial charge in [0.05, 0.1) is 5.92 Å². The highest BCUT2D eigenvalue weighted by molar-refractivity contribution is 5.90. The fourth-order valence-electron chi connectivity index (χ4n) is 2.90. The van der Waals surface area contributed by atoms with Crippen molar-refractivity contribution >= 4 is 11.8 Å². The summed E-state index contributed by atoms with van der Waals surface area (Å²) in [6.07, 6.45) is 2.63. The number of hydrogen-bond acceptors (Lipinski definition) is 3. The van der Waals surface area contributed by atoms with E-state index < -0.39 is 0 Å². The van der Waals surface area contributed by atoms with Crippen molar-refractivity contribution in [3.8, 4) is 0 Å². The average Bonchev–Trinajstić information content (AvgIpc) is 2.55. The quantitative estimate of drug-likeness (QED) is 0.863. The standard InChI is InChI=1S/C16H23N3O2/c1-18-15(20)14-9-5-6-10-19(14)16(21)13(11-17)12-7-3-2-4-8-12/h2-4,7-8,13-14H,5-6,9-11,17H2,1H3,(H,18,20). The summed E-state index contributed by atoms with van der Waals surface area (Å²) in [6.45, 7) is 0.875. The highest BCUT2D eigenvalue weighted by Crippen LogP contribution is 2.24. The van der Waals surface area contributed by atoms with E-state index in [9.17, 15) is 9.59 Å². The first-order chi connectivity index (χ1) is 10.2. The summed E-state index contributed by atoms with van der Waals surface area (Å²) in [6, 6.07) is 9.17. The lowest BCUT2D eigenvalue weighted by Crippen LogP contribution is -2.53. The molecule has 0 saturated carbocycles. The maximum Gasteiger partial charge on any atom is 0.242 e. The molecule has 0 radical (unpaired) electrons. The minimum absolute atomic E-state index is 0.0444. The molecule has 5 nitrogen and oxygen atoms in total. The molecule has 1 heterocycles. The number of carbonyl (C=O) groups excluding carboxylic acids is 2. The lowest BCUT2D eigenvalue weighted by molar-refractivity contribution is -0.143. The molecule has 1 saturated heterocycles. The van der Waals surface area contributed by atoms with Crippen LogP contribution in [0.3, 0.4) is 0 Å². The Morgan fingerprint density at radius 3 is 2.67 bits per heavy atom. The van der Waals surface area contributed by atoms with Gasteiger partial charge in [0.2, 0.25) is 11.8 Å². The number of hydrogen-bond donors (Lipinski definition) is 2. The van der Waals surface area contributed by atoms with Crippen LogP contribution in [0.1, 0.15) is 30.7 Å². The molecule has 2 atom stereocenters. The molecule has 1 aromatic rings. The first kappa shape index (κ1) is 15.5. The van der Waals surface area contributed by atoms with Crippen LogP contribution in [0.25, 0.3) is 0 Å². The Morgan fingerprint density at radius 1 is 1.33 bits per heavy atom. The second-order valence-electron chi connectivity index (χ2n) is 5.36. The smallest absolute Gasteiger partial charge is 0.242 e. The van der Waals surface area contributed by atoms with Crippen LogP contribution >= 0.6 is 0 Å². The molecule has 1 fully saturated rings. The van der Waals surface area contributed by atoms with Crippen LogP contribution in [0.4, 0.5) is 0 Å². The van der Waals surface area contributed by atoms with E-state index in [0.717, 1.165) is 24.8 Å². The zero-order valence-corrected chi connectivity index (χ0v) is 12.4. The van der Waals surface area contributed by atoms with Crippen LogP contribution in [0, 0.1) is 0 Å². The molecule has 0 aromatic heterocycles. The van der Waals surface area contributed by atoms with Gasteiger partial charge in [0.1, 0.15) is 6.04 Å². The topological polar surface area (TPSA) is 75.4 Å². The number of amides is 2. The molecule has 1 aromatic carbocycles. The van der Waals surface area contributed by atoms with Gasteiger partial charge >= 0.3 is 0 Å². The largest absolute Gasteiger partial charge is 0.357 e. The van der Waals surface area contributed by atoms with Gasteiger partial charge in [0.25, 0.3) is 0 Å². The van der Waals surface area contributed by atoms with Crippen LogP contribution in [0.15, 0.2) is 30.3 Å². The summed E-state index contributed by atoms with van der Waals surface area (Å²) in [7, 11) is 1.61. The van der Waals surface area contributed by atoms with Crippen LogP contribution in [-0.4, -0.2) is 42.9 Å². The lowest BCUT2D eigenvalue weighted by atomic mass is 9.94. The predicted octanol–water partition coefficient (Wildman–Crippen LogP) is 0.856. The Labute approximate surface area is 125 Å². The number of nitrogens with two attached hydrogens (primary N) is 1. The van der Waals surface area contributed by atoms with E-state index in [-0.39, 0.29) is 30.3 Å². The van der Waals surface area contributed by atoms with E-state index in [0.29, 0.717) is 6.54 Å². The number of benzene rings is 1. The average molecular weight is 289 g/mol. The highest BCUT2D eigenvalue weighted by Gasteiger charge is 2.34. The molecule has 1 aliphatic heterocycles. The molecular weight excluding hydrogens is 266 g/mol. The highest BCUT2D eigenvalue weighted by atomic mass is 16.2. The van der Waals surface area contributed by atoms with Crippen molar-refractivity contribution in [2.24, 2.45) is 5.73 Å². The van der Waals surface area contributed by atoms with E-state index in [1.807, 2.05) is 30.3 Å². The SMILES string of the molecule is CNC(=O)C1CCCCN1C(=O)C(CN)c1ccccc1. The molecule has 0 spiro atoms. The van der Waals surface area contributed by atoms with Crippen LogP contribution < -0.4 is 11.1 Å². The van der Waals surface area contributed by atoms with Crippen molar-refractivity contribution in [3.63, 3.8) is 0 Å².